The third kappa shape index (κ3) is 1.81. The van der Waals surface area contributed by atoms with Gasteiger partial charge in [-0.1, -0.05) is 12.8 Å². The van der Waals surface area contributed by atoms with E-state index in [2.05, 4.69) is 5.10 Å². The lowest BCUT2D eigenvalue weighted by molar-refractivity contribution is 0.0683. The molecule has 0 spiro atoms. The maximum Gasteiger partial charge on any atom is 0.153 e. The van der Waals surface area contributed by atoms with Gasteiger partial charge in [-0.2, -0.15) is 5.10 Å². The monoisotopic (exact) mass is 208 g/mol. The molecule has 4 heteroatoms. The molecule has 0 aliphatic heterocycles. The van der Waals surface area contributed by atoms with Gasteiger partial charge < -0.3 is 5.11 Å². The molecular weight excluding hydrogens is 192 g/mol. The van der Waals surface area contributed by atoms with E-state index in [1.54, 1.807) is 10.9 Å². The van der Waals surface area contributed by atoms with Gasteiger partial charge in [0, 0.05) is 5.69 Å². The summed E-state index contributed by atoms with van der Waals surface area (Å²) in [4.78, 5) is 10.7. The molecule has 2 unspecified atom stereocenters. The van der Waals surface area contributed by atoms with Crippen LogP contribution in [0.4, 0.5) is 0 Å². The predicted molar refractivity (Wildman–Crippen MR) is 55.9 cm³/mol. The van der Waals surface area contributed by atoms with Crippen molar-refractivity contribution >= 4 is 6.29 Å². The number of nitrogens with zero attached hydrogens (tertiary/aromatic N) is 2. The summed E-state index contributed by atoms with van der Waals surface area (Å²) in [6.45, 7) is 1.87. The summed E-state index contributed by atoms with van der Waals surface area (Å²) in [6, 6.07) is 0.0486. The molecule has 0 amide bonds. The number of hydrogen-bond donors (Lipinski definition) is 1. The van der Waals surface area contributed by atoms with E-state index in [9.17, 15) is 9.90 Å². The Morgan fingerprint density at radius 1 is 1.53 bits per heavy atom. The van der Waals surface area contributed by atoms with Crippen LogP contribution in [0.3, 0.4) is 0 Å². The van der Waals surface area contributed by atoms with E-state index in [-0.39, 0.29) is 12.1 Å². The third-order valence-electron chi connectivity index (χ3n) is 3.22. The second-order valence-corrected chi connectivity index (χ2v) is 4.17. The number of aromatic nitrogens is 2. The fourth-order valence-electron chi connectivity index (χ4n) is 2.26. The van der Waals surface area contributed by atoms with Gasteiger partial charge in [0.05, 0.1) is 23.9 Å². The van der Waals surface area contributed by atoms with Crippen LogP contribution in [-0.4, -0.2) is 27.3 Å². The SMILES string of the molecule is Cc1c(C=O)cnn1C1CCCCC1O. The normalized spacial score (nSPS) is 26.5. The number of aliphatic hydroxyl groups excluding tert-OH is 1. The zero-order chi connectivity index (χ0) is 10.8. The molecular formula is C11H16N2O2. The van der Waals surface area contributed by atoms with Crippen molar-refractivity contribution in [2.75, 3.05) is 0 Å². The topological polar surface area (TPSA) is 55.1 Å². The summed E-state index contributed by atoms with van der Waals surface area (Å²) in [5.74, 6) is 0. The molecule has 82 valence electrons. The van der Waals surface area contributed by atoms with E-state index in [1.807, 2.05) is 6.92 Å². The zero-order valence-corrected chi connectivity index (χ0v) is 8.89. The number of rotatable bonds is 2. The molecule has 1 heterocycles. The highest BCUT2D eigenvalue weighted by Gasteiger charge is 2.26. The van der Waals surface area contributed by atoms with Crippen LogP contribution in [0.15, 0.2) is 6.20 Å². The molecule has 0 bridgehead atoms. The quantitative estimate of drug-likeness (QED) is 0.749. The molecule has 0 radical (unpaired) electrons. The van der Waals surface area contributed by atoms with Crippen LogP contribution >= 0.6 is 0 Å². The highest BCUT2D eigenvalue weighted by molar-refractivity contribution is 5.75. The lowest BCUT2D eigenvalue weighted by atomic mass is 9.92. The molecule has 0 saturated heterocycles. The van der Waals surface area contributed by atoms with Crippen LogP contribution in [-0.2, 0) is 0 Å². The van der Waals surface area contributed by atoms with Crippen molar-refractivity contribution in [1.82, 2.24) is 9.78 Å². The minimum atomic E-state index is -0.322. The van der Waals surface area contributed by atoms with Crippen LogP contribution in [0, 0.1) is 6.92 Å². The molecule has 1 aliphatic carbocycles. The molecule has 1 fully saturated rings. The minimum absolute atomic E-state index is 0.0486. The van der Waals surface area contributed by atoms with Gasteiger partial charge in [0.1, 0.15) is 0 Å². The molecule has 0 aromatic carbocycles. The molecule has 1 aromatic heterocycles. The Morgan fingerprint density at radius 3 is 2.87 bits per heavy atom. The Bertz CT molecular complexity index is 359. The van der Waals surface area contributed by atoms with Gasteiger partial charge >= 0.3 is 0 Å². The molecule has 1 saturated carbocycles. The molecule has 2 rings (SSSR count). The Hall–Kier alpha value is -1.16. The Morgan fingerprint density at radius 2 is 2.27 bits per heavy atom. The predicted octanol–water partition coefficient (Wildman–Crippen LogP) is 1.48. The summed E-state index contributed by atoms with van der Waals surface area (Å²) in [6.07, 6.45) is 6.05. The first kappa shape index (κ1) is 10.4. The molecule has 15 heavy (non-hydrogen) atoms. The average molecular weight is 208 g/mol. The number of hydrogen-bond acceptors (Lipinski definition) is 3. The maximum absolute atomic E-state index is 10.7. The summed E-state index contributed by atoms with van der Waals surface area (Å²) < 4.78 is 1.80. The Labute approximate surface area is 88.9 Å². The van der Waals surface area contributed by atoms with Gasteiger partial charge in [0.2, 0.25) is 0 Å². The van der Waals surface area contributed by atoms with Crippen molar-refractivity contribution in [3.05, 3.63) is 17.5 Å². The fraction of sp³-hybridized carbons (Fsp3) is 0.636. The molecule has 4 nitrogen and oxygen atoms in total. The lowest BCUT2D eigenvalue weighted by Gasteiger charge is -2.28. The Kier molecular flexibility index (Phi) is 2.86. The molecule has 1 N–H and O–H groups in total. The van der Waals surface area contributed by atoms with Crippen molar-refractivity contribution in [2.45, 2.75) is 44.8 Å². The second-order valence-electron chi connectivity index (χ2n) is 4.17. The zero-order valence-electron chi connectivity index (χ0n) is 8.89. The lowest BCUT2D eigenvalue weighted by Crippen LogP contribution is -2.29. The summed E-state index contributed by atoms with van der Waals surface area (Å²) in [7, 11) is 0. The fourth-order valence-corrected chi connectivity index (χ4v) is 2.26. The highest BCUT2D eigenvalue weighted by atomic mass is 16.3. The van der Waals surface area contributed by atoms with Crippen LogP contribution in [0.2, 0.25) is 0 Å². The number of carbonyl (C=O) groups excluding carboxylic acids is 1. The van der Waals surface area contributed by atoms with Crippen LogP contribution in [0.1, 0.15) is 47.8 Å². The standard InChI is InChI=1S/C11H16N2O2/c1-8-9(7-14)6-12-13(8)10-4-2-3-5-11(10)15/h6-7,10-11,15H,2-5H2,1H3. The van der Waals surface area contributed by atoms with Crippen LogP contribution < -0.4 is 0 Å². The number of aldehydes is 1. The molecule has 1 aliphatic rings. The van der Waals surface area contributed by atoms with Gasteiger partial charge in [0.25, 0.3) is 0 Å². The minimum Gasteiger partial charge on any atom is -0.391 e. The van der Waals surface area contributed by atoms with E-state index in [0.717, 1.165) is 37.7 Å². The summed E-state index contributed by atoms with van der Waals surface area (Å²) in [5.41, 5.74) is 1.48. The first-order valence-electron chi connectivity index (χ1n) is 5.41. The second kappa shape index (κ2) is 4.14. The van der Waals surface area contributed by atoms with Gasteiger partial charge in [0.15, 0.2) is 6.29 Å². The van der Waals surface area contributed by atoms with Crippen LogP contribution in [0.5, 0.6) is 0 Å². The van der Waals surface area contributed by atoms with Gasteiger partial charge in [-0.3, -0.25) is 9.48 Å². The molecule has 2 atom stereocenters. The maximum atomic E-state index is 10.7. The van der Waals surface area contributed by atoms with Crippen molar-refractivity contribution in [3.63, 3.8) is 0 Å². The first-order valence-corrected chi connectivity index (χ1v) is 5.41. The number of aliphatic hydroxyl groups is 1. The number of carbonyl (C=O) groups is 1. The van der Waals surface area contributed by atoms with Crippen molar-refractivity contribution in [2.24, 2.45) is 0 Å². The van der Waals surface area contributed by atoms with E-state index in [4.69, 9.17) is 0 Å². The van der Waals surface area contributed by atoms with Gasteiger partial charge in [-0.05, 0) is 19.8 Å². The average Bonchev–Trinajstić information content (AvgIpc) is 2.60. The Balaban J connectivity index is 2.27. The van der Waals surface area contributed by atoms with E-state index in [1.165, 1.54) is 0 Å². The van der Waals surface area contributed by atoms with Gasteiger partial charge in [-0.25, -0.2) is 0 Å². The van der Waals surface area contributed by atoms with Crippen molar-refractivity contribution < 1.29 is 9.90 Å². The van der Waals surface area contributed by atoms with E-state index >= 15 is 0 Å². The molecule has 1 aromatic rings. The highest BCUT2D eigenvalue weighted by Crippen LogP contribution is 2.29. The summed E-state index contributed by atoms with van der Waals surface area (Å²) >= 11 is 0. The smallest absolute Gasteiger partial charge is 0.153 e. The van der Waals surface area contributed by atoms with E-state index in [0.29, 0.717) is 5.56 Å². The van der Waals surface area contributed by atoms with E-state index < -0.39 is 0 Å². The third-order valence-corrected chi connectivity index (χ3v) is 3.22. The van der Waals surface area contributed by atoms with Gasteiger partial charge in [-0.15, -0.1) is 0 Å². The summed E-state index contributed by atoms with van der Waals surface area (Å²) in [5, 5.41) is 14.1. The van der Waals surface area contributed by atoms with Crippen molar-refractivity contribution in [1.29, 1.82) is 0 Å². The van der Waals surface area contributed by atoms with Crippen LogP contribution in [0.25, 0.3) is 0 Å². The first-order chi connectivity index (χ1) is 7.24. The largest absolute Gasteiger partial charge is 0.391 e. The van der Waals surface area contributed by atoms with Crippen molar-refractivity contribution in [3.8, 4) is 0 Å².